The number of nitrogens with one attached hydrogen (secondary N) is 2. The molecule has 2 aromatic carbocycles. The summed E-state index contributed by atoms with van der Waals surface area (Å²) in [7, 11) is 1.59. The fraction of sp³-hybridized carbons (Fsp3) is 0.174. The van der Waals surface area contributed by atoms with Crippen LogP contribution < -0.4 is 20.9 Å². The Morgan fingerprint density at radius 1 is 1.00 bits per heavy atom. The molecule has 3 aromatic rings. The average Bonchev–Trinajstić information content (AvgIpc) is 2.75. The van der Waals surface area contributed by atoms with Gasteiger partial charge < -0.3 is 19.9 Å². The van der Waals surface area contributed by atoms with Gasteiger partial charge in [-0.2, -0.15) is 0 Å². The number of rotatable bonds is 7. The Balaban J connectivity index is 1.57. The molecule has 0 atom stereocenters. The number of hydrogen-bond donors (Lipinski definition) is 2. The van der Waals surface area contributed by atoms with Crippen LogP contribution in [0.15, 0.2) is 71.7 Å². The number of amides is 2. The molecule has 0 aliphatic carbocycles. The predicted octanol–water partition coefficient (Wildman–Crippen LogP) is 2.73. The molecule has 0 aliphatic heterocycles. The summed E-state index contributed by atoms with van der Waals surface area (Å²) in [5, 5.41) is 5.58. The number of pyridine rings is 1. The van der Waals surface area contributed by atoms with Gasteiger partial charge in [-0.05, 0) is 42.8 Å². The second kappa shape index (κ2) is 9.56. The van der Waals surface area contributed by atoms with Crippen LogP contribution in [0.4, 0.5) is 5.69 Å². The summed E-state index contributed by atoms with van der Waals surface area (Å²) >= 11 is 0. The minimum absolute atomic E-state index is 0.0817. The van der Waals surface area contributed by atoms with Crippen molar-refractivity contribution in [2.75, 3.05) is 12.4 Å². The minimum Gasteiger partial charge on any atom is -0.496 e. The lowest BCUT2D eigenvalue weighted by atomic mass is 10.1. The molecule has 7 heteroatoms. The molecule has 0 saturated heterocycles. The van der Waals surface area contributed by atoms with E-state index >= 15 is 0 Å². The predicted molar refractivity (Wildman–Crippen MR) is 115 cm³/mol. The summed E-state index contributed by atoms with van der Waals surface area (Å²) in [6, 6.07) is 17.2. The maximum atomic E-state index is 12.4. The molecule has 0 unspecified atom stereocenters. The Hall–Kier alpha value is -3.87. The van der Waals surface area contributed by atoms with Gasteiger partial charge in [0.25, 0.3) is 11.5 Å². The monoisotopic (exact) mass is 405 g/mol. The van der Waals surface area contributed by atoms with Crippen molar-refractivity contribution in [1.29, 1.82) is 0 Å². The number of anilines is 1. The number of benzene rings is 2. The molecule has 0 bridgehead atoms. The van der Waals surface area contributed by atoms with Crippen molar-refractivity contribution < 1.29 is 14.3 Å². The average molecular weight is 405 g/mol. The highest BCUT2D eigenvalue weighted by atomic mass is 16.5. The number of aromatic nitrogens is 1. The Labute approximate surface area is 174 Å². The summed E-state index contributed by atoms with van der Waals surface area (Å²) in [4.78, 5) is 36.4. The second-order valence-corrected chi connectivity index (χ2v) is 6.79. The molecule has 30 heavy (non-hydrogen) atoms. The van der Waals surface area contributed by atoms with Gasteiger partial charge in [0.2, 0.25) is 5.91 Å². The van der Waals surface area contributed by atoms with E-state index in [0.29, 0.717) is 23.5 Å². The van der Waals surface area contributed by atoms with Crippen LogP contribution in [0.2, 0.25) is 0 Å². The van der Waals surface area contributed by atoms with Gasteiger partial charge in [-0.25, -0.2) is 0 Å². The van der Waals surface area contributed by atoms with E-state index in [4.69, 9.17) is 4.74 Å². The Morgan fingerprint density at radius 2 is 1.73 bits per heavy atom. The standard InChI is InChI=1S/C23H23N3O4/c1-16-7-12-22(28)26(14-16)15-21(27)25-19-10-8-17(9-11-19)23(29)24-13-18-5-3-4-6-20(18)30-2/h3-12,14H,13,15H2,1-2H3,(H,24,29)(H,25,27). The first kappa shape index (κ1) is 20.9. The zero-order chi connectivity index (χ0) is 21.5. The largest absolute Gasteiger partial charge is 0.496 e. The summed E-state index contributed by atoms with van der Waals surface area (Å²) in [5.74, 6) is 0.157. The quantitative estimate of drug-likeness (QED) is 0.633. The van der Waals surface area contributed by atoms with Gasteiger partial charge in [0.05, 0.1) is 7.11 Å². The molecular weight excluding hydrogens is 382 g/mol. The number of carbonyl (C=O) groups is 2. The van der Waals surface area contributed by atoms with Gasteiger partial charge in [0.1, 0.15) is 12.3 Å². The smallest absolute Gasteiger partial charge is 0.251 e. The highest BCUT2D eigenvalue weighted by Gasteiger charge is 2.09. The van der Waals surface area contributed by atoms with E-state index < -0.39 is 0 Å². The maximum Gasteiger partial charge on any atom is 0.251 e. The molecular formula is C23H23N3O4. The molecule has 0 fully saturated rings. The molecule has 2 amide bonds. The highest BCUT2D eigenvalue weighted by Crippen LogP contribution is 2.17. The summed E-state index contributed by atoms with van der Waals surface area (Å²) in [5.41, 5.74) is 2.55. The lowest BCUT2D eigenvalue weighted by Gasteiger charge is -2.10. The highest BCUT2D eigenvalue weighted by molar-refractivity contribution is 5.95. The van der Waals surface area contributed by atoms with Crippen LogP contribution in [0.5, 0.6) is 5.75 Å². The van der Waals surface area contributed by atoms with E-state index in [9.17, 15) is 14.4 Å². The summed E-state index contributed by atoms with van der Waals surface area (Å²) in [6.07, 6.45) is 1.64. The Bertz CT molecular complexity index is 1100. The Kier molecular flexibility index (Phi) is 6.64. The number of ether oxygens (including phenoxy) is 1. The first-order valence-electron chi connectivity index (χ1n) is 9.43. The lowest BCUT2D eigenvalue weighted by Crippen LogP contribution is -2.27. The molecule has 7 nitrogen and oxygen atoms in total. The van der Waals surface area contributed by atoms with Crippen molar-refractivity contribution in [1.82, 2.24) is 9.88 Å². The molecule has 1 heterocycles. The first-order valence-corrected chi connectivity index (χ1v) is 9.43. The minimum atomic E-state index is -0.323. The summed E-state index contributed by atoms with van der Waals surface area (Å²) in [6.45, 7) is 2.11. The van der Waals surface area contributed by atoms with Gasteiger partial charge in [-0.1, -0.05) is 24.3 Å². The first-order chi connectivity index (χ1) is 14.5. The Morgan fingerprint density at radius 3 is 2.47 bits per heavy atom. The van der Waals surface area contributed by atoms with Gasteiger partial charge in [-0.15, -0.1) is 0 Å². The molecule has 3 rings (SSSR count). The van der Waals surface area contributed by atoms with Crippen LogP contribution in [-0.4, -0.2) is 23.5 Å². The van der Waals surface area contributed by atoms with E-state index in [1.807, 2.05) is 31.2 Å². The number of hydrogen-bond acceptors (Lipinski definition) is 4. The van der Waals surface area contributed by atoms with Crippen LogP contribution in [0.25, 0.3) is 0 Å². The van der Waals surface area contributed by atoms with Crippen molar-refractivity contribution >= 4 is 17.5 Å². The third-order valence-corrected chi connectivity index (χ3v) is 4.51. The van der Waals surface area contributed by atoms with E-state index in [1.54, 1.807) is 43.6 Å². The van der Waals surface area contributed by atoms with Crippen molar-refractivity contribution in [3.05, 3.63) is 93.9 Å². The maximum absolute atomic E-state index is 12.4. The van der Waals surface area contributed by atoms with Gasteiger partial charge in [0, 0.05) is 35.6 Å². The lowest BCUT2D eigenvalue weighted by molar-refractivity contribution is -0.116. The van der Waals surface area contributed by atoms with Crippen molar-refractivity contribution in [2.24, 2.45) is 0 Å². The third kappa shape index (κ3) is 5.35. The normalized spacial score (nSPS) is 10.3. The van der Waals surface area contributed by atoms with Crippen molar-refractivity contribution in [2.45, 2.75) is 20.0 Å². The molecule has 0 saturated carbocycles. The molecule has 0 radical (unpaired) electrons. The van der Waals surface area contributed by atoms with Gasteiger partial charge in [0.15, 0.2) is 0 Å². The number of aryl methyl sites for hydroxylation is 1. The number of carbonyl (C=O) groups excluding carboxylic acids is 2. The van der Waals surface area contributed by atoms with Crippen LogP contribution in [-0.2, 0) is 17.9 Å². The van der Waals surface area contributed by atoms with Crippen LogP contribution in [0.3, 0.4) is 0 Å². The number of para-hydroxylation sites is 1. The van der Waals surface area contributed by atoms with Crippen molar-refractivity contribution in [3.63, 3.8) is 0 Å². The van der Waals surface area contributed by atoms with Crippen molar-refractivity contribution in [3.8, 4) is 5.75 Å². The summed E-state index contributed by atoms with van der Waals surface area (Å²) < 4.78 is 6.63. The SMILES string of the molecule is COc1ccccc1CNC(=O)c1ccc(NC(=O)Cn2cc(C)ccc2=O)cc1. The third-order valence-electron chi connectivity index (χ3n) is 4.51. The van der Waals surface area contributed by atoms with E-state index in [-0.39, 0.29) is 23.9 Å². The van der Waals surface area contributed by atoms with Crippen LogP contribution in [0.1, 0.15) is 21.5 Å². The fourth-order valence-corrected chi connectivity index (χ4v) is 2.96. The fourth-order valence-electron chi connectivity index (χ4n) is 2.96. The van der Waals surface area contributed by atoms with E-state index in [2.05, 4.69) is 10.6 Å². The zero-order valence-corrected chi connectivity index (χ0v) is 16.8. The van der Waals surface area contributed by atoms with E-state index in [0.717, 1.165) is 11.1 Å². The van der Waals surface area contributed by atoms with Crippen LogP contribution >= 0.6 is 0 Å². The van der Waals surface area contributed by atoms with Gasteiger partial charge in [-0.3, -0.25) is 14.4 Å². The topological polar surface area (TPSA) is 89.4 Å². The molecule has 0 spiro atoms. The van der Waals surface area contributed by atoms with Gasteiger partial charge >= 0.3 is 0 Å². The van der Waals surface area contributed by atoms with E-state index in [1.165, 1.54) is 10.6 Å². The second-order valence-electron chi connectivity index (χ2n) is 6.79. The molecule has 0 aliphatic rings. The number of methoxy groups -OCH3 is 1. The zero-order valence-electron chi connectivity index (χ0n) is 16.8. The number of nitrogens with zero attached hydrogens (tertiary/aromatic N) is 1. The molecule has 1 aromatic heterocycles. The molecule has 154 valence electrons. The van der Waals surface area contributed by atoms with Crippen LogP contribution in [0, 0.1) is 6.92 Å². The molecule has 2 N–H and O–H groups in total.